The van der Waals surface area contributed by atoms with Crippen LogP contribution in [0.4, 0.5) is 0 Å². The van der Waals surface area contributed by atoms with Gasteiger partial charge in [-0.3, -0.25) is 9.79 Å². The number of aliphatic imine (C=N–C) groups is 1. The van der Waals surface area contributed by atoms with E-state index in [2.05, 4.69) is 46.8 Å². The van der Waals surface area contributed by atoms with Gasteiger partial charge in [0.1, 0.15) is 0 Å². The number of aryl methyl sites for hydroxylation is 1. The van der Waals surface area contributed by atoms with Crippen molar-refractivity contribution in [3.8, 4) is 0 Å². The standard InChI is InChI=1S/C22H36N4O2.HI/c1-16-9-11-17(12-10-16)20-18(8-7-13-28-20)14-24-21(23-5)26(6)15-19(27)25-22(2,3)4;/h9-12,18,20H,7-8,13-15H2,1-6H3,(H,23,24)(H,25,27);1H. The smallest absolute Gasteiger partial charge is 0.240 e. The highest BCUT2D eigenvalue weighted by molar-refractivity contribution is 14.0. The lowest BCUT2D eigenvalue weighted by molar-refractivity contribution is -0.122. The summed E-state index contributed by atoms with van der Waals surface area (Å²) in [5, 5.41) is 6.42. The summed E-state index contributed by atoms with van der Waals surface area (Å²) in [5.41, 5.74) is 2.24. The van der Waals surface area contributed by atoms with Crippen molar-refractivity contribution in [2.24, 2.45) is 10.9 Å². The predicted octanol–water partition coefficient (Wildman–Crippen LogP) is 3.50. The molecule has 1 aromatic rings. The number of guanidine groups is 1. The summed E-state index contributed by atoms with van der Waals surface area (Å²) in [7, 11) is 3.63. The minimum absolute atomic E-state index is 0. The Bertz CT molecular complexity index is 670. The Kier molecular flexibility index (Phi) is 10.4. The van der Waals surface area contributed by atoms with E-state index in [0.717, 1.165) is 32.0 Å². The fraction of sp³-hybridized carbons (Fsp3) is 0.636. The molecule has 164 valence electrons. The largest absolute Gasteiger partial charge is 0.373 e. The highest BCUT2D eigenvalue weighted by Crippen LogP contribution is 2.33. The monoisotopic (exact) mass is 516 g/mol. The number of carbonyl (C=O) groups is 1. The fourth-order valence-corrected chi connectivity index (χ4v) is 3.53. The Morgan fingerprint density at radius 3 is 2.52 bits per heavy atom. The Balaban J connectivity index is 0.00000420. The van der Waals surface area contributed by atoms with E-state index < -0.39 is 0 Å². The van der Waals surface area contributed by atoms with Crippen LogP contribution in [0, 0.1) is 12.8 Å². The van der Waals surface area contributed by atoms with Crippen molar-refractivity contribution in [3.63, 3.8) is 0 Å². The number of rotatable bonds is 5. The molecule has 1 aliphatic heterocycles. The SMILES string of the molecule is CN=C(NCC1CCCOC1c1ccc(C)cc1)N(C)CC(=O)NC(C)(C)C.I. The average molecular weight is 516 g/mol. The highest BCUT2D eigenvalue weighted by Gasteiger charge is 2.28. The maximum Gasteiger partial charge on any atom is 0.240 e. The maximum absolute atomic E-state index is 12.2. The van der Waals surface area contributed by atoms with Crippen molar-refractivity contribution in [1.82, 2.24) is 15.5 Å². The van der Waals surface area contributed by atoms with E-state index in [1.54, 1.807) is 7.05 Å². The molecule has 0 aromatic heterocycles. The van der Waals surface area contributed by atoms with E-state index in [9.17, 15) is 4.79 Å². The van der Waals surface area contributed by atoms with Crippen molar-refractivity contribution >= 4 is 35.8 Å². The Morgan fingerprint density at radius 1 is 1.28 bits per heavy atom. The normalized spacial score (nSPS) is 19.9. The summed E-state index contributed by atoms with van der Waals surface area (Å²) < 4.78 is 6.10. The van der Waals surface area contributed by atoms with Crippen LogP contribution in [-0.2, 0) is 9.53 Å². The van der Waals surface area contributed by atoms with Crippen LogP contribution in [0.5, 0.6) is 0 Å². The van der Waals surface area contributed by atoms with Crippen LogP contribution >= 0.6 is 24.0 Å². The van der Waals surface area contributed by atoms with Gasteiger partial charge >= 0.3 is 0 Å². The summed E-state index contributed by atoms with van der Waals surface area (Å²) in [6.07, 6.45) is 2.27. The molecule has 0 spiro atoms. The number of nitrogens with one attached hydrogen (secondary N) is 2. The highest BCUT2D eigenvalue weighted by atomic mass is 127. The molecule has 1 aromatic carbocycles. The van der Waals surface area contributed by atoms with Gasteiger partial charge in [-0.25, -0.2) is 0 Å². The van der Waals surface area contributed by atoms with Gasteiger partial charge in [0, 0.05) is 38.7 Å². The molecule has 0 bridgehead atoms. The Morgan fingerprint density at radius 2 is 1.93 bits per heavy atom. The number of carbonyl (C=O) groups excluding carboxylic acids is 1. The third-order valence-corrected chi connectivity index (χ3v) is 4.84. The second-order valence-electron chi connectivity index (χ2n) is 8.69. The number of benzene rings is 1. The molecule has 7 heteroatoms. The van der Waals surface area contributed by atoms with Gasteiger partial charge in [0.25, 0.3) is 0 Å². The number of nitrogens with zero attached hydrogens (tertiary/aromatic N) is 2. The number of amides is 1. The average Bonchev–Trinajstić information content (AvgIpc) is 2.61. The Labute approximate surface area is 192 Å². The van der Waals surface area contributed by atoms with Gasteiger partial charge < -0.3 is 20.3 Å². The van der Waals surface area contributed by atoms with Crippen molar-refractivity contribution in [1.29, 1.82) is 0 Å². The van der Waals surface area contributed by atoms with Gasteiger partial charge in [0.15, 0.2) is 5.96 Å². The first-order valence-electron chi connectivity index (χ1n) is 10.1. The van der Waals surface area contributed by atoms with Crippen molar-refractivity contribution in [2.75, 3.05) is 33.8 Å². The minimum Gasteiger partial charge on any atom is -0.373 e. The van der Waals surface area contributed by atoms with E-state index in [1.807, 2.05) is 32.7 Å². The zero-order valence-corrected chi connectivity index (χ0v) is 20.9. The molecule has 29 heavy (non-hydrogen) atoms. The van der Waals surface area contributed by atoms with Crippen molar-refractivity contribution in [3.05, 3.63) is 35.4 Å². The van der Waals surface area contributed by atoms with Crippen LogP contribution in [0.25, 0.3) is 0 Å². The van der Waals surface area contributed by atoms with E-state index in [0.29, 0.717) is 5.92 Å². The number of halogens is 1. The molecule has 1 heterocycles. The molecule has 1 amide bonds. The number of hydrogen-bond acceptors (Lipinski definition) is 3. The molecule has 2 unspecified atom stereocenters. The number of ether oxygens (including phenoxy) is 1. The van der Waals surface area contributed by atoms with Gasteiger partial charge in [-0.1, -0.05) is 29.8 Å². The molecule has 1 fully saturated rings. The number of likely N-dealkylation sites (N-methyl/N-ethyl adjacent to an activating group) is 1. The molecule has 2 atom stereocenters. The topological polar surface area (TPSA) is 66.0 Å². The van der Waals surface area contributed by atoms with E-state index >= 15 is 0 Å². The molecule has 1 aliphatic rings. The second kappa shape index (κ2) is 11.7. The summed E-state index contributed by atoms with van der Waals surface area (Å²) in [6, 6.07) is 8.60. The summed E-state index contributed by atoms with van der Waals surface area (Å²) in [5.74, 6) is 1.07. The summed E-state index contributed by atoms with van der Waals surface area (Å²) in [6.45, 7) is 9.86. The van der Waals surface area contributed by atoms with E-state index in [-0.39, 0.29) is 48.1 Å². The van der Waals surface area contributed by atoms with E-state index in [4.69, 9.17) is 4.74 Å². The van der Waals surface area contributed by atoms with Crippen LogP contribution in [0.15, 0.2) is 29.3 Å². The zero-order valence-electron chi connectivity index (χ0n) is 18.6. The van der Waals surface area contributed by atoms with Crippen molar-refractivity contribution < 1.29 is 9.53 Å². The lowest BCUT2D eigenvalue weighted by atomic mass is 9.89. The van der Waals surface area contributed by atoms with Crippen LogP contribution in [0.3, 0.4) is 0 Å². The van der Waals surface area contributed by atoms with Gasteiger partial charge in [0.2, 0.25) is 5.91 Å². The molecule has 0 aliphatic carbocycles. The first-order chi connectivity index (χ1) is 13.2. The van der Waals surface area contributed by atoms with Crippen LogP contribution in [-0.4, -0.2) is 56.1 Å². The Hall–Kier alpha value is -1.35. The molecule has 2 rings (SSSR count). The lowest BCUT2D eigenvalue weighted by Crippen LogP contribution is -2.49. The third-order valence-electron chi connectivity index (χ3n) is 4.84. The van der Waals surface area contributed by atoms with Gasteiger partial charge in [0.05, 0.1) is 12.6 Å². The molecule has 0 radical (unpaired) electrons. The first-order valence-corrected chi connectivity index (χ1v) is 10.1. The van der Waals surface area contributed by atoms with Gasteiger partial charge in [-0.15, -0.1) is 24.0 Å². The third kappa shape index (κ3) is 8.50. The lowest BCUT2D eigenvalue weighted by Gasteiger charge is -2.33. The molecule has 2 N–H and O–H groups in total. The number of hydrogen-bond donors (Lipinski definition) is 2. The summed E-state index contributed by atoms with van der Waals surface area (Å²) in [4.78, 5) is 18.4. The predicted molar refractivity (Wildman–Crippen MR) is 130 cm³/mol. The minimum atomic E-state index is -0.241. The van der Waals surface area contributed by atoms with Crippen LogP contribution in [0.1, 0.15) is 50.8 Å². The van der Waals surface area contributed by atoms with Gasteiger partial charge in [-0.05, 0) is 46.1 Å². The quantitative estimate of drug-likeness (QED) is 0.357. The van der Waals surface area contributed by atoms with Gasteiger partial charge in [-0.2, -0.15) is 0 Å². The molecule has 0 saturated carbocycles. The van der Waals surface area contributed by atoms with Crippen LogP contribution < -0.4 is 10.6 Å². The van der Waals surface area contributed by atoms with E-state index in [1.165, 1.54) is 11.1 Å². The van der Waals surface area contributed by atoms with Crippen molar-refractivity contribution in [2.45, 2.75) is 52.2 Å². The zero-order chi connectivity index (χ0) is 20.7. The fourth-order valence-electron chi connectivity index (χ4n) is 3.53. The maximum atomic E-state index is 12.2. The molecule has 6 nitrogen and oxygen atoms in total. The molecular formula is C22H37IN4O2. The molecule has 1 saturated heterocycles. The van der Waals surface area contributed by atoms with Crippen LogP contribution in [0.2, 0.25) is 0 Å². The summed E-state index contributed by atoms with van der Waals surface area (Å²) >= 11 is 0. The first kappa shape index (κ1) is 25.7. The second-order valence-corrected chi connectivity index (χ2v) is 8.69. The molecular weight excluding hydrogens is 479 g/mol.